The smallest absolute Gasteiger partial charge is 0.319 e. The lowest BCUT2D eigenvalue weighted by atomic mass is 9.96. The van der Waals surface area contributed by atoms with E-state index in [2.05, 4.69) is 20.5 Å². The van der Waals surface area contributed by atoms with E-state index in [1.54, 1.807) is 0 Å². The number of hydrogen-bond acceptors (Lipinski definition) is 4. The maximum Gasteiger partial charge on any atom is 0.319 e. The zero-order valence-corrected chi connectivity index (χ0v) is 13.2. The van der Waals surface area contributed by atoms with Gasteiger partial charge in [0.1, 0.15) is 0 Å². The molecule has 2 aromatic heterocycles. The molecule has 2 N–H and O–H groups in total. The number of thiophene rings is 1. The van der Waals surface area contributed by atoms with Gasteiger partial charge in [-0.15, -0.1) is 11.3 Å². The van der Waals surface area contributed by atoms with Crippen molar-refractivity contribution in [2.24, 2.45) is 5.92 Å². The molecule has 0 aromatic carbocycles. The second kappa shape index (κ2) is 7.26. The Balaban J connectivity index is 1.40. The molecule has 1 aliphatic heterocycles. The van der Waals surface area contributed by atoms with Crippen molar-refractivity contribution in [3.8, 4) is 0 Å². The number of anilines is 2. The molecule has 1 saturated heterocycles. The Hall–Kier alpha value is -2.08. The number of carbonyl (C=O) groups excluding carboxylic acids is 1. The summed E-state index contributed by atoms with van der Waals surface area (Å²) in [5, 5.41) is 8.65. The molecule has 0 saturated carbocycles. The number of nitrogens with zero attached hydrogens (tertiary/aromatic N) is 2. The summed E-state index contributed by atoms with van der Waals surface area (Å²) in [5.41, 5.74) is 1.23. The molecule has 0 unspecified atom stereocenters. The number of urea groups is 1. The summed E-state index contributed by atoms with van der Waals surface area (Å²) in [7, 11) is 0. The Morgan fingerprint density at radius 3 is 2.73 bits per heavy atom. The third-order valence-corrected chi connectivity index (χ3v) is 4.74. The first kappa shape index (κ1) is 14.8. The molecule has 5 nitrogen and oxygen atoms in total. The van der Waals surface area contributed by atoms with Gasteiger partial charge in [-0.1, -0.05) is 0 Å². The summed E-state index contributed by atoms with van der Waals surface area (Å²) >= 11 is 1.53. The summed E-state index contributed by atoms with van der Waals surface area (Å²) in [5.74, 6) is 0.548. The summed E-state index contributed by atoms with van der Waals surface area (Å²) in [6.45, 7) is 2.80. The molecular formula is C16H20N4OS. The highest BCUT2D eigenvalue weighted by Gasteiger charge is 2.19. The number of amides is 2. The molecule has 1 aliphatic rings. The predicted octanol–water partition coefficient (Wildman–Crippen LogP) is 3.18. The van der Waals surface area contributed by atoms with E-state index in [1.807, 2.05) is 42.0 Å². The van der Waals surface area contributed by atoms with E-state index in [9.17, 15) is 4.79 Å². The zero-order chi connectivity index (χ0) is 15.2. The fourth-order valence-electron chi connectivity index (χ4n) is 2.69. The topological polar surface area (TPSA) is 57.3 Å². The molecule has 2 amide bonds. The van der Waals surface area contributed by atoms with Gasteiger partial charge >= 0.3 is 6.03 Å². The van der Waals surface area contributed by atoms with E-state index in [0.717, 1.165) is 37.5 Å². The lowest BCUT2D eigenvalue weighted by molar-refractivity contribution is 0.248. The molecule has 0 aliphatic carbocycles. The van der Waals surface area contributed by atoms with Crippen LogP contribution in [0.1, 0.15) is 12.8 Å². The Kier molecular flexibility index (Phi) is 4.90. The van der Waals surface area contributed by atoms with Crippen LogP contribution in [0.5, 0.6) is 0 Å². The molecular weight excluding hydrogens is 296 g/mol. The standard InChI is InChI=1S/C16H20N4OS/c21-16(19-15-2-1-11-22-15)18-12-13-5-9-20(10-6-13)14-3-7-17-8-4-14/h1-4,7-8,11,13H,5-6,9-10,12H2,(H2,18,19,21). The highest BCUT2D eigenvalue weighted by Crippen LogP contribution is 2.22. The van der Waals surface area contributed by atoms with Gasteiger partial charge in [0.05, 0.1) is 5.00 Å². The van der Waals surface area contributed by atoms with Gasteiger partial charge in [0.15, 0.2) is 0 Å². The van der Waals surface area contributed by atoms with Crippen molar-refractivity contribution in [2.45, 2.75) is 12.8 Å². The monoisotopic (exact) mass is 316 g/mol. The molecule has 22 heavy (non-hydrogen) atoms. The third-order valence-electron chi connectivity index (χ3n) is 3.95. The number of carbonyl (C=O) groups is 1. The van der Waals surface area contributed by atoms with Gasteiger partial charge in [-0.05, 0) is 48.4 Å². The van der Waals surface area contributed by atoms with Gasteiger partial charge in [-0.3, -0.25) is 10.3 Å². The number of aromatic nitrogens is 1. The summed E-state index contributed by atoms with van der Waals surface area (Å²) in [6.07, 6.45) is 5.86. The highest BCUT2D eigenvalue weighted by atomic mass is 32.1. The second-order valence-electron chi connectivity index (χ2n) is 5.45. The summed E-state index contributed by atoms with van der Waals surface area (Å²) < 4.78 is 0. The lowest BCUT2D eigenvalue weighted by Gasteiger charge is -2.33. The van der Waals surface area contributed by atoms with Crippen LogP contribution in [0.4, 0.5) is 15.5 Å². The van der Waals surface area contributed by atoms with Crippen LogP contribution in [0.3, 0.4) is 0 Å². The quantitative estimate of drug-likeness (QED) is 0.911. The molecule has 0 spiro atoms. The second-order valence-corrected chi connectivity index (χ2v) is 6.40. The molecule has 116 valence electrons. The number of hydrogen-bond donors (Lipinski definition) is 2. The van der Waals surface area contributed by atoms with Crippen molar-refractivity contribution in [2.75, 3.05) is 29.9 Å². The van der Waals surface area contributed by atoms with Gasteiger partial charge in [0.25, 0.3) is 0 Å². The molecule has 3 rings (SSSR count). The lowest BCUT2D eigenvalue weighted by Crippen LogP contribution is -2.39. The number of rotatable bonds is 4. The number of piperidine rings is 1. The largest absolute Gasteiger partial charge is 0.371 e. The average molecular weight is 316 g/mol. The van der Waals surface area contributed by atoms with E-state index in [-0.39, 0.29) is 6.03 Å². The predicted molar refractivity (Wildman–Crippen MR) is 90.5 cm³/mol. The van der Waals surface area contributed by atoms with Crippen molar-refractivity contribution in [3.05, 3.63) is 42.0 Å². The molecule has 2 aromatic rings. The fraction of sp³-hybridized carbons (Fsp3) is 0.375. The van der Waals surface area contributed by atoms with Crippen molar-refractivity contribution in [3.63, 3.8) is 0 Å². The van der Waals surface area contributed by atoms with E-state index in [0.29, 0.717) is 5.92 Å². The molecule has 0 atom stereocenters. The van der Waals surface area contributed by atoms with Gasteiger partial charge in [-0.25, -0.2) is 4.79 Å². The summed E-state index contributed by atoms with van der Waals surface area (Å²) in [4.78, 5) is 18.2. The average Bonchev–Trinajstić information content (AvgIpc) is 3.07. The molecule has 1 fully saturated rings. The van der Waals surface area contributed by atoms with Gasteiger partial charge in [0.2, 0.25) is 0 Å². The van der Waals surface area contributed by atoms with Crippen molar-refractivity contribution in [1.82, 2.24) is 10.3 Å². The fourth-order valence-corrected chi connectivity index (χ4v) is 3.31. The minimum atomic E-state index is -0.112. The number of nitrogens with one attached hydrogen (secondary N) is 2. The first-order valence-electron chi connectivity index (χ1n) is 7.54. The van der Waals surface area contributed by atoms with E-state index >= 15 is 0 Å². The first-order valence-corrected chi connectivity index (χ1v) is 8.42. The van der Waals surface area contributed by atoms with Crippen LogP contribution in [0.25, 0.3) is 0 Å². The molecule has 0 bridgehead atoms. The van der Waals surface area contributed by atoms with Crippen molar-refractivity contribution >= 4 is 28.1 Å². The van der Waals surface area contributed by atoms with Crippen LogP contribution >= 0.6 is 11.3 Å². The Morgan fingerprint density at radius 1 is 1.27 bits per heavy atom. The number of pyridine rings is 1. The maximum absolute atomic E-state index is 11.8. The van der Waals surface area contributed by atoms with Crippen LogP contribution in [0, 0.1) is 5.92 Å². The zero-order valence-electron chi connectivity index (χ0n) is 12.4. The van der Waals surface area contributed by atoms with Gasteiger partial charge < -0.3 is 10.2 Å². The molecule has 3 heterocycles. The van der Waals surface area contributed by atoms with Crippen LogP contribution in [-0.4, -0.2) is 30.6 Å². The maximum atomic E-state index is 11.8. The molecule has 6 heteroatoms. The Labute approximate surface area is 134 Å². The minimum Gasteiger partial charge on any atom is -0.371 e. The van der Waals surface area contributed by atoms with Crippen molar-refractivity contribution in [1.29, 1.82) is 0 Å². The van der Waals surface area contributed by atoms with E-state index in [1.165, 1.54) is 17.0 Å². The van der Waals surface area contributed by atoms with Crippen LogP contribution < -0.4 is 15.5 Å². The van der Waals surface area contributed by atoms with Gasteiger partial charge in [-0.2, -0.15) is 0 Å². The highest BCUT2D eigenvalue weighted by molar-refractivity contribution is 7.14. The Bertz CT molecular complexity index is 579. The van der Waals surface area contributed by atoms with Gasteiger partial charge in [0, 0.05) is 37.7 Å². The third kappa shape index (κ3) is 3.98. The van der Waals surface area contributed by atoms with E-state index < -0.39 is 0 Å². The van der Waals surface area contributed by atoms with E-state index in [4.69, 9.17) is 0 Å². The first-order chi connectivity index (χ1) is 10.8. The van der Waals surface area contributed by atoms with Crippen LogP contribution in [0.15, 0.2) is 42.0 Å². The van der Waals surface area contributed by atoms with Crippen molar-refractivity contribution < 1.29 is 4.79 Å². The normalized spacial score (nSPS) is 15.5. The Morgan fingerprint density at radius 2 is 2.05 bits per heavy atom. The van der Waals surface area contributed by atoms with Crippen LogP contribution in [0.2, 0.25) is 0 Å². The van der Waals surface area contributed by atoms with Crippen LogP contribution in [-0.2, 0) is 0 Å². The summed E-state index contributed by atoms with van der Waals surface area (Å²) in [6, 6.07) is 7.81. The SMILES string of the molecule is O=C(NCC1CCN(c2ccncc2)CC1)Nc1cccs1. The molecule has 0 radical (unpaired) electrons. The minimum absolute atomic E-state index is 0.112.